The number of hydrogen-bond donors (Lipinski definition) is 2. The van der Waals surface area contributed by atoms with Crippen LogP contribution in [0.25, 0.3) is 0 Å². The first-order chi connectivity index (χ1) is 5.82. The van der Waals surface area contributed by atoms with E-state index in [1.165, 1.54) is 0 Å². The molecule has 2 rings (SSSR count). The van der Waals surface area contributed by atoms with Crippen molar-refractivity contribution in [2.24, 2.45) is 11.8 Å². The van der Waals surface area contributed by atoms with Crippen LogP contribution in [-0.4, -0.2) is 34.1 Å². The minimum atomic E-state index is -0.662. The van der Waals surface area contributed by atoms with Gasteiger partial charge in [-0.15, -0.1) is 0 Å². The van der Waals surface area contributed by atoms with Crippen molar-refractivity contribution in [1.29, 1.82) is 0 Å². The van der Waals surface area contributed by atoms with Crippen LogP contribution in [0, 0.1) is 11.8 Å². The predicted molar refractivity (Wildman–Crippen MR) is 48.3 cm³/mol. The van der Waals surface area contributed by atoms with E-state index < -0.39 is 11.2 Å². The summed E-state index contributed by atoms with van der Waals surface area (Å²) in [4.78, 5) is 0. The second-order valence-corrected chi connectivity index (χ2v) is 5.25. The molecule has 3 nitrogen and oxygen atoms in total. The number of aliphatic hydroxyl groups is 2. The van der Waals surface area contributed by atoms with Crippen LogP contribution >= 0.6 is 0 Å². The van der Waals surface area contributed by atoms with Gasteiger partial charge in [0, 0.05) is 0 Å². The molecule has 1 saturated heterocycles. The maximum Gasteiger partial charge on any atom is 0.111 e. The molecule has 4 atom stereocenters. The molecule has 76 valence electrons. The van der Waals surface area contributed by atoms with Gasteiger partial charge in [0.25, 0.3) is 0 Å². The summed E-state index contributed by atoms with van der Waals surface area (Å²) in [5.74, 6) is 0.646. The standard InChI is InChI=1S/C10H18O3/c1-9(2,11)7-4-6(7)8-10(3,12)5-13-8/h6-8,11-12H,4-5H2,1-3H3. The molecule has 2 fully saturated rings. The Morgan fingerprint density at radius 2 is 2.08 bits per heavy atom. The SMILES string of the molecule is CC(C)(O)C1CC1C1OCC1(C)O. The Bertz CT molecular complexity index is 217. The Hall–Kier alpha value is -0.120. The topological polar surface area (TPSA) is 49.7 Å². The second-order valence-electron chi connectivity index (χ2n) is 5.25. The highest BCUT2D eigenvalue weighted by molar-refractivity contribution is 5.08. The highest BCUT2D eigenvalue weighted by Crippen LogP contribution is 2.53. The summed E-state index contributed by atoms with van der Waals surface area (Å²) in [7, 11) is 0. The summed E-state index contributed by atoms with van der Waals surface area (Å²) < 4.78 is 5.33. The van der Waals surface area contributed by atoms with Gasteiger partial charge in [0.15, 0.2) is 0 Å². The molecule has 13 heavy (non-hydrogen) atoms. The van der Waals surface area contributed by atoms with Gasteiger partial charge in [-0.3, -0.25) is 0 Å². The van der Waals surface area contributed by atoms with Crippen molar-refractivity contribution in [3.8, 4) is 0 Å². The summed E-state index contributed by atoms with van der Waals surface area (Å²) in [5.41, 5.74) is -1.29. The Labute approximate surface area is 78.7 Å². The van der Waals surface area contributed by atoms with Crippen LogP contribution in [0.2, 0.25) is 0 Å². The van der Waals surface area contributed by atoms with Gasteiger partial charge in [0.1, 0.15) is 5.60 Å². The Kier molecular flexibility index (Phi) is 1.79. The van der Waals surface area contributed by atoms with Gasteiger partial charge < -0.3 is 14.9 Å². The zero-order chi connectivity index (χ0) is 9.85. The molecular weight excluding hydrogens is 168 g/mol. The number of ether oxygens (including phenoxy) is 1. The number of hydrogen-bond acceptors (Lipinski definition) is 3. The monoisotopic (exact) mass is 186 g/mol. The molecule has 1 heterocycles. The fourth-order valence-electron chi connectivity index (χ4n) is 2.37. The lowest BCUT2D eigenvalue weighted by atomic mass is 9.88. The lowest BCUT2D eigenvalue weighted by Crippen LogP contribution is -2.57. The summed E-state index contributed by atoms with van der Waals surface area (Å²) in [6, 6.07) is 0. The zero-order valence-electron chi connectivity index (χ0n) is 8.45. The van der Waals surface area contributed by atoms with Crippen molar-refractivity contribution < 1.29 is 14.9 Å². The van der Waals surface area contributed by atoms with Crippen LogP contribution in [0.1, 0.15) is 27.2 Å². The van der Waals surface area contributed by atoms with Gasteiger partial charge in [0.2, 0.25) is 0 Å². The van der Waals surface area contributed by atoms with Crippen molar-refractivity contribution in [1.82, 2.24) is 0 Å². The van der Waals surface area contributed by atoms with Crippen LogP contribution in [0.5, 0.6) is 0 Å². The first kappa shape index (κ1) is 9.44. The van der Waals surface area contributed by atoms with Gasteiger partial charge in [-0.05, 0) is 39.0 Å². The minimum absolute atomic E-state index is 0.0519. The largest absolute Gasteiger partial charge is 0.390 e. The summed E-state index contributed by atoms with van der Waals surface area (Å²) in [6.07, 6.45) is 0.925. The van der Waals surface area contributed by atoms with Gasteiger partial charge >= 0.3 is 0 Å². The molecule has 0 radical (unpaired) electrons. The van der Waals surface area contributed by atoms with Crippen molar-refractivity contribution in [2.75, 3.05) is 6.61 Å². The van der Waals surface area contributed by atoms with Gasteiger partial charge in [-0.25, -0.2) is 0 Å². The average molecular weight is 186 g/mol. The highest BCUT2D eigenvalue weighted by atomic mass is 16.6. The van der Waals surface area contributed by atoms with Crippen LogP contribution in [-0.2, 0) is 4.74 Å². The van der Waals surface area contributed by atoms with E-state index in [9.17, 15) is 10.2 Å². The molecule has 1 aliphatic carbocycles. The number of rotatable bonds is 2. The van der Waals surface area contributed by atoms with E-state index in [1.54, 1.807) is 6.92 Å². The van der Waals surface area contributed by atoms with Crippen LogP contribution in [0.4, 0.5) is 0 Å². The van der Waals surface area contributed by atoms with Gasteiger partial charge in [0.05, 0.1) is 18.3 Å². The maximum atomic E-state index is 9.76. The molecule has 2 N–H and O–H groups in total. The highest BCUT2D eigenvalue weighted by Gasteiger charge is 2.59. The van der Waals surface area contributed by atoms with Gasteiger partial charge in [-0.1, -0.05) is 0 Å². The molecule has 2 aliphatic rings. The first-order valence-corrected chi connectivity index (χ1v) is 4.89. The van der Waals surface area contributed by atoms with E-state index in [0.717, 1.165) is 6.42 Å². The zero-order valence-corrected chi connectivity index (χ0v) is 8.45. The summed E-state index contributed by atoms with van der Waals surface area (Å²) >= 11 is 0. The molecule has 0 aromatic rings. The normalized spacial score (nSPS) is 50.1. The third-order valence-electron chi connectivity index (χ3n) is 3.30. The fourth-order valence-corrected chi connectivity index (χ4v) is 2.37. The molecule has 0 spiro atoms. The second kappa shape index (κ2) is 2.47. The maximum absolute atomic E-state index is 9.76. The van der Waals surface area contributed by atoms with E-state index in [4.69, 9.17) is 4.74 Å². The predicted octanol–water partition coefficient (Wildman–Crippen LogP) is 0.543. The molecule has 0 aromatic heterocycles. The fraction of sp³-hybridized carbons (Fsp3) is 1.00. The lowest BCUT2D eigenvalue weighted by molar-refractivity contribution is -0.238. The Morgan fingerprint density at radius 1 is 1.46 bits per heavy atom. The Morgan fingerprint density at radius 3 is 2.31 bits per heavy atom. The van der Waals surface area contributed by atoms with Crippen molar-refractivity contribution in [3.63, 3.8) is 0 Å². The molecular formula is C10H18O3. The van der Waals surface area contributed by atoms with E-state index in [2.05, 4.69) is 0 Å². The molecule has 1 aliphatic heterocycles. The molecule has 0 amide bonds. The smallest absolute Gasteiger partial charge is 0.111 e. The third-order valence-corrected chi connectivity index (χ3v) is 3.30. The van der Waals surface area contributed by atoms with Crippen molar-refractivity contribution >= 4 is 0 Å². The molecule has 0 aromatic carbocycles. The summed E-state index contributed by atoms with van der Waals surface area (Å²) in [6.45, 7) is 5.89. The quantitative estimate of drug-likeness (QED) is 0.662. The first-order valence-electron chi connectivity index (χ1n) is 4.89. The minimum Gasteiger partial charge on any atom is -0.390 e. The third kappa shape index (κ3) is 1.49. The summed E-state index contributed by atoms with van der Waals surface area (Å²) in [5, 5.41) is 19.5. The van der Waals surface area contributed by atoms with E-state index in [1.807, 2.05) is 13.8 Å². The van der Waals surface area contributed by atoms with E-state index in [0.29, 0.717) is 18.4 Å². The van der Waals surface area contributed by atoms with Crippen LogP contribution in [0.15, 0.2) is 0 Å². The Balaban J connectivity index is 1.94. The average Bonchev–Trinajstić information content (AvgIpc) is 2.64. The van der Waals surface area contributed by atoms with Crippen LogP contribution < -0.4 is 0 Å². The van der Waals surface area contributed by atoms with E-state index in [-0.39, 0.29) is 6.10 Å². The van der Waals surface area contributed by atoms with E-state index >= 15 is 0 Å². The molecule has 4 unspecified atom stereocenters. The van der Waals surface area contributed by atoms with Crippen LogP contribution in [0.3, 0.4) is 0 Å². The van der Waals surface area contributed by atoms with Gasteiger partial charge in [-0.2, -0.15) is 0 Å². The van der Waals surface area contributed by atoms with Crippen molar-refractivity contribution in [3.05, 3.63) is 0 Å². The molecule has 3 heteroatoms. The van der Waals surface area contributed by atoms with Crippen molar-refractivity contribution in [2.45, 2.75) is 44.5 Å². The molecule has 1 saturated carbocycles. The lowest BCUT2D eigenvalue weighted by Gasteiger charge is -2.43. The molecule has 0 bridgehead atoms.